The molecule has 366 valence electrons. The molecule has 5 heterocycles. The van der Waals surface area contributed by atoms with E-state index in [4.69, 9.17) is 15.7 Å². The van der Waals surface area contributed by atoms with Crippen LogP contribution in [0.5, 0.6) is 5.75 Å². The summed E-state index contributed by atoms with van der Waals surface area (Å²) in [6.07, 6.45) is 5.34. The van der Waals surface area contributed by atoms with Gasteiger partial charge in [0.1, 0.15) is 17.8 Å². The quantitative estimate of drug-likeness (QED) is 0.0887. The van der Waals surface area contributed by atoms with E-state index in [1.54, 1.807) is 23.5 Å². The largest absolute Gasteiger partial charge is 0.507 e. The molecule has 3 fully saturated rings. The van der Waals surface area contributed by atoms with Gasteiger partial charge in [0.2, 0.25) is 23.7 Å². The van der Waals surface area contributed by atoms with Crippen LogP contribution in [-0.2, 0) is 27.5 Å². The number of para-hydroxylation sites is 1. The molecule has 5 aromatic rings. The normalized spacial score (nSPS) is 22.1. The third kappa shape index (κ3) is 11.1. The van der Waals surface area contributed by atoms with Gasteiger partial charge in [-0.3, -0.25) is 14.4 Å². The van der Waals surface area contributed by atoms with Crippen molar-refractivity contribution in [1.82, 2.24) is 45.6 Å². The average Bonchev–Trinajstić information content (AvgIpc) is 3.93. The average molecular weight is 959 g/mol. The van der Waals surface area contributed by atoms with Crippen LogP contribution in [0.25, 0.3) is 21.7 Å². The number of nitrogens with one attached hydrogen (secondary N) is 2. The SMILES string of the molecule is CCC1CN(c2cc(-c3ccccc3O)nnc2N)CC(C)N1c1ncc(CN(C)C[C@H]2C[C@@H](C(=O)N[C@H](C(=O)N3C[C@H](O)C[C@H]3C(=O)NCc3ccc(-c4scnc4C)cc3)C(C)(C)C)C2)cn1. The molecule has 0 spiro atoms. The highest BCUT2D eigenvalue weighted by molar-refractivity contribution is 7.13. The maximum absolute atomic E-state index is 14.2. The zero-order valence-electron chi connectivity index (χ0n) is 40.7. The summed E-state index contributed by atoms with van der Waals surface area (Å²) in [5.41, 5.74) is 13.4. The molecule has 2 unspecified atom stereocenters. The molecule has 3 amide bonds. The van der Waals surface area contributed by atoms with Gasteiger partial charge in [-0.15, -0.1) is 21.5 Å². The monoisotopic (exact) mass is 958 g/mol. The molecule has 3 aliphatic rings. The number of nitrogens with two attached hydrogens (primary N) is 1. The first-order valence-corrected chi connectivity index (χ1v) is 24.9. The lowest BCUT2D eigenvalue weighted by Crippen LogP contribution is -2.59. The smallest absolute Gasteiger partial charge is 0.246 e. The number of piperazine rings is 1. The number of anilines is 3. The molecule has 2 saturated heterocycles. The Morgan fingerprint density at radius 3 is 2.35 bits per heavy atom. The fraction of sp³-hybridized carbons (Fsp3) is 0.490. The van der Waals surface area contributed by atoms with Crippen molar-refractivity contribution in [2.75, 3.05) is 48.8 Å². The van der Waals surface area contributed by atoms with Gasteiger partial charge >= 0.3 is 0 Å². The number of nitrogens with zero attached hydrogens (tertiary/aromatic N) is 9. The summed E-state index contributed by atoms with van der Waals surface area (Å²) in [7, 11) is 2.06. The number of aliphatic hydroxyl groups is 1. The Hall–Kier alpha value is -6.24. The minimum absolute atomic E-state index is 0.0225. The van der Waals surface area contributed by atoms with E-state index in [9.17, 15) is 24.6 Å². The van der Waals surface area contributed by atoms with Gasteiger partial charge in [-0.2, -0.15) is 0 Å². The fourth-order valence-corrected chi connectivity index (χ4v) is 10.9. The van der Waals surface area contributed by atoms with Crippen LogP contribution in [0.15, 0.2) is 72.5 Å². The summed E-state index contributed by atoms with van der Waals surface area (Å²) in [6.45, 7) is 15.1. The summed E-state index contributed by atoms with van der Waals surface area (Å²) in [6, 6.07) is 15.4. The van der Waals surface area contributed by atoms with Crippen molar-refractivity contribution in [3.05, 3.63) is 89.3 Å². The van der Waals surface area contributed by atoms with E-state index in [-0.39, 0.29) is 61.0 Å². The van der Waals surface area contributed by atoms with Crippen molar-refractivity contribution in [3.8, 4) is 27.4 Å². The van der Waals surface area contributed by atoms with Crippen LogP contribution in [0.3, 0.4) is 0 Å². The van der Waals surface area contributed by atoms with E-state index in [0.717, 1.165) is 45.9 Å². The predicted molar refractivity (Wildman–Crippen MR) is 268 cm³/mol. The summed E-state index contributed by atoms with van der Waals surface area (Å²) < 4.78 is 0. The van der Waals surface area contributed by atoms with Gasteiger partial charge in [-0.05, 0) is 80.8 Å². The Balaban J connectivity index is 0.809. The maximum atomic E-state index is 14.2. The van der Waals surface area contributed by atoms with E-state index >= 15 is 0 Å². The topological polar surface area (TPSA) is 219 Å². The van der Waals surface area contributed by atoms with Gasteiger partial charge in [0.25, 0.3) is 0 Å². The molecule has 69 heavy (non-hydrogen) atoms. The molecule has 3 aromatic heterocycles. The van der Waals surface area contributed by atoms with Gasteiger partial charge in [0, 0.05) is 87.2 Å². The first-order chi connectivity index (χ1) is 33.0. The number of carbonyl (C=O) groups is 3. The number of aryl methyl sites for hydroxylation is 1. The number of phenols is 1. The third-order valence-corrected chi connectivity index (χ3v) is 14.8. The van der Waals surface area contributed by atoms with Gasteiger partial charge in [-0.1, -0.05) is 64.1 Å². The molecule has 0 bridgehead atoms. The highest BCUT2D eigenvalue weighted by Crippen LogP contribution is 2.37. The highest BCUT2D eigenvalue weighted by Gasteiger charge is 2.46. The second-order valence-electron chi connectivity index (χ2n) is 20.2. The van der Waals surface area contributed by atoms with Crippen molar-refractivity contribution in [1.29, 1.82) is 0 Å². The maximum Gasteiger partial charge on any atom is 0.246 e. The number of benzene rings is 2. The lowest BCUT2D eigenvalue weighted by molar-refractivity contribution is -0.145. The Labute approximate surface area is 408 Å². The standard InChI is InChI=1S/C51H66N12O5S/c1-8-37-27-61(41-20-40(58-59-46(41)52)39-11-9-10-12-43(39)65)24-30(2)63(37)50-54-22-34(23-55-50)26-60(7)25-33-17-36(18-33)47(66)57-45(51(4,5)6)49(68)62-28-38(64)19-42(62)48(67)53-21-32-13-15-35(16-14-32)44-31(3)56-29-69-44/h9-16,20,22-23,29-30,33,36-38,42,45,64-65H,8,17-19,21,24-28H2,1-7H3,(H2,52,59)(H,53,67)(H,57,66)/t30?,33-,36+,37?,38-,42+,45-/m1/s1. The molecule has 5 atom stereocenters. The molecule has 2 aromatic carbocycles. The number of amides is 3. The molecule has 17 nitrogen and oxygen atoms in total. The zero-order chi connectivity index (χ0) is 49.1. The zero-order valence-corrected chi connectivity index (χ0v) is 41.5. The number of aromatic hydroxyl groups is 1. The number of aliphatic hydroxyl groups excluding tert-OH is 1. The number of β-amino-alcohol motifs (C(OH)–C–C–N with tert-alkyl or cyclic N) is 1. The van der Waals surface area contributed by atoms with Crippen molar-refractivity contribution in [2.45, 2.75) is 111 Å². The molecular formula is C51H66N12O5S. The number of hydrogen-bond acceptors (Lipinski definition) is 15. The number of phenolic OH excluding ortho intramolecular Hbond substituents is 1. The summed E-state index contributed by atoms with van der Waals surface area (Å²) in [4.78, 5) is 64.8. The first-order valence-electron chi connectivity index (χ1n) is 24.0. The van der Waals surface area contributed by atoms with Gasteiger partial charge in [0.05, 0.1) is 33.6 Å². The summed E-state index contributed by atoms with van der Waals surface area (Å²) in [5, 5.41) is 35.7. The molecule has 0 radical (unpaired) electrons. The molecule has 1 saturated carbocycles. The number of hydrogen-bond donors (Lipinski definition) is 5. The van der Waals surface area contributed by atoms with Gasteiger partial charge in [-0.25, -0.2) is 15.0 Å². The highest BCUT2D eigenvalue weighted by atomic mass is 32.1. The molecule has 2 aliphatic heterocycles. The van der Waals surface area contributed by atoms with Crippen molar-refractivity contribution < 1.29 is 24.6 Å². The van der Waals surface area contributed by atoms with Crippen LogP contribution in [-0.4, -0.2) is 126 Å². The van der Waals surface area contributed by atoms with Gasteiger partial charge < -0.3 is 46.2 Å². The van der Waals surface area contributed by atoms with Crippen LogP contribution < -0.4 is 26.2 Å². The Morgan fingerprint density at radius 2 is 1.68 bits per heavy atom. The van der Waals surface area contributed by atoms with E-state index in [1.807, 2.05) is 88.1 Å². The molecular weight excluding hydrogens is 893 g/mol. The van der Waals surface area contributed by atoms with E-state index < -0.39 is 23.6 Å². The molecule has 6 N–H and O–H groups in total. The minimum atomic E-state index is -0.876. The van der Waals surface area contributed by atoms with Crippen LogP contribution in [0.4, 0.5) is 17.5 Å². The molecule has 1 aliphatic carbocycles. The minimum Gasteiger partial charge on any atom is -0.507 e. The van der Waals surface area contributed by atoms with Crippen molar-refractivity contribution in [2.24, 2.45) is 17.3 Å². The van der Waals surface area contributed by atoms with Crippen molar-refractivity contribution >= 4 is 46.5 Å². The number of nitrogen functional groups attached to an aromatic ring is 1. The number of aromatic nitrogens is 5. The summed E-state index contributed by atoms with van der Waals surface area (Å²) >= 11 is 1.58. The Bertz CT molecular complexity index is 2600. The Kier molecular flexibility index (Phi) is 14.8. The number of carbonyl (C=O) groups excluding carboxylic acids is 3. The molecule has 8 rings (SSSR count). The van der Waals surface area contributed by atoms with Crippen LogP contribution in [0.2, 0.25) is 0 Å². The second-order valence-corrected chi connectivity index (χ2v) is 21.1. The van der Waals surface area contributed by atoms with Crippen molar-refractivity contribution in [3.63, 3.8) is 0 Å². The lowest BCUT2D eigenvalue weighted by atomic mass is 9.73. The summed E-state index contributed by atoms with van der Waals surface area (Å²) in [5.74, 6) is 0.370. The Morgan fingerprint density at radius 1 is 0.957 bits per heavy atom. The lowest BCUT2D eigenvalue weighted by Gasteiger charge is -2.46. The van der Waals surface area contributed by atoms with Gasteiger partial charge in [0.15, 0.2) is 5.82 Å². The second kappa shape index (κ2) is 20.8. The van der Waals surface area contributed by atoms with E-state index in [2.05, 4.69) is 61.4 Å². The van der Waals surface area contributed by atoms with Crippen LogP contribution in [0.1, 0.15) is 77.1 Å². The molecule has 18 heteroatoms. The van der Waals surface area contributed by atoms with E-state index in [1.165, 1.54) is 4.90 Å². The number of thiazole rings is 1. The first kappa shape index (κ1) is 49.2. The number of likely N-dealkylation sites (tertiary alicyclic amines) is 1. The number of rotatable bonds is 15. The fourth-order valence-electron chi connectivity index (χ4n) is 10.1. The van der Waals surface area contributed by atoms with E-state index in [0.29, 0.717) is 61.4 Å². The third-order valence-electron chi connectivity index (χ3n) is 13.8. The van der Waals surface area contributed by atoms with Crippen LogP contribution in [0, 0.1) is 24.2 Å². The predicted octanol–water partition coefficient (Wildman–Crippen LogP) is 5.41. The van der Waals surface area contributed by atoms with Crippen LogP contribution >= 0.6 is 11.3 Å².